The molecular formula is C26H27N3O6. The fourth-order valence-corrected chi connectivity index (χ4v) is 5.38. The SMILES string of the molecule is CCOC(=O)[C@H]1[C@H](C(=O)OC(C)(C)C)N2C=C(C#N)C=CC2C12C(=O)N(C(C)=O)c1ccccc12. The average molecular weight is 478 g/mol. The number of allylic oxidation sites excluding steroid dienone is 2. The van der Waals surface area contributed by atoms with Crippen molar-refractivity contribution in [2.75, 3.05) is 11.5 Å². The number of amides is 2. The molecule has 35 heavy (non-hydrogen) atoms. The van der Waals surface area contributed by atoms with Crippen molar-refractivity contribution in [1.82, 2.24) is 4.90 Å². The van der Waals surface area contributed by atoms with Gasteiger partial charge in [0, 0.05) is 13.1 Å². The zero-order chi connectivity index (χ0) is 25.7. The minimum atomic E-state index is -1.65. The highest BCUT2D eigenvalue weighted by Gasteiger charge is 2.72. The van der Waals surface area contributed by atoms with E-state index in [2.05, 4.69) is 0 Å². The van der Waals surface area contributed by atoms with Crippen molar-refractivity contribution < 1.29 is 28.7 Å². The Bertz CT molecular complexity index is 1220. The van der Waals surface area contributed by atoms with Gasteiger partial charge in [0.25, 0.3) is 0 Å². The van der Waals surface area contributed by atoms with Crippen LogP contribution in [0.4, 0.5) is 5.69 Å². The molecule has 3 aliphatic heterocycles. The third-order valence-electron chi connectivity index (χ3n) is 6.44. The van der Waals surface area contributed by atoms with Crippen LogP contribution in [0.5, 0.6) is 0 Å². The topological polar surface area (TPSA) is 117 Å². The minimum Gasteiger partial charge on any atom is -0.466 e. The summed E-state index contributed by atoms with van der Waals surface area (Å²) in [5, 5.41) is 9.54. The number of nitriles is 1. The van der Waals surface area contributed by atoms with Crippen LogP contribution >= 0.6 is 0 Å². The monoisotopic (exact) mass is 477 g/mol. The van der Waals surface area contributed by atoms with Crippen LogP contribution in [-0.4, -0.2) is 52.9 Å². The number of fused-ring (bicyclic) bond motifs is 4. The van der Waals surface area contributed by atoms with Gasteiger partial charge in [-0.05, 0) is 45.4 Å². The number of ether oxygens (including phenoxy) is 2. The first-order valence-corrected chi connectivity index (χ1v) is 11.4. The van der Waals surface area contributed by atoms with Crippen LogP contribution in [0.2, 0.25) is 0 Å². The minimum absolute atomic E-state index is 0.0263. The molecule has 1 spiro atoms. The number of nitrogens with zero attached hydrogens (tertiary/aromatic N) is 3. The van der Waals surface area contributed by atoms with E-state index in [0.717, 1.165) is 4.90 Å². The Kier molecular flexibility index (Phi) is 5.79. The van der Waals surface area contributed by atoms with Crippen molar-refractivity contribution in [3.05, 3.63) is 53.8 Å². The second-order valence-corrected chi connectivity index (χ2v) is 9.70. The maximum Gasteiger partial charge on any atom is 0.330 e. The molecule has 4 rings (SSSR count). The Morgan fingerprint density at radius 1 is 1.17 bits per heavy atom. The summed E-state index contributed by atoms with van der Waals surface area (Å²) >= 11 is 0. The lowest BCUT2D eigenvalue weighted by atomic mass is 9.66. The number of imide groups is 1. The molecule has 4 atom stereocenters. The van der Waals surface area contributed by atoms with Gasteiger partial charge in [0.05, 0.1) is 23.9 Å². The highest BCUT2D eigenvalue weighted by atomic mass is 16.6. The summed E-state index contributed by atoms with van der Waals surface area (Å²) < 4.78 is 11.1. The Labute approximate surface area is 203 Å². The zero-order valence-corrected chi connectivity index (χ0v) is 20.3. The molecule has 1 fully saturated rings. The van der Waals surface area contributed by atoms with Crippen LogP contribution in [0.3, 0.4) is 0 Å². The van der Waals surface area contributed by atoms with Crippen molar-refractivity contribution in [2.24, 2.45) is 5.92 Å². The molecule has 3 heterocycles. The van der Waals surface area contributed by atoms with E-state index in [9.17, 15) is 24.4 Å². The van der Waals surface area contributed by atoms with Gasteiger partial charge in [-0.2, -0.15) is 5.26 Å². The van der Waals surface area contributed by atoms with Gasteiger partial charge in [-0.15, -0.1) is 0 Å². The van der Waals surface area contributed by atoms with E-state index in [1.165, 1.54) is 18.0 Å². The summed E-state index contributed by atoms with van der Waals surface area (Å²) in [5.74, 6) is -3.95. The Balaban J connectivity index is 2.04. The van der Waals surface area contributed by atoms with E-state index >= 15 is 0 Å². The molecular weight excluding hydrogens is 450 g/mol. The molecule has 0 bridgehead atoms. The molecule has 0 N–H and O–H groups in total. The Morgan fingerprint density at radius 3 is 2.46 bits per heavy atom. The number of para-hydroxylation sites is 1. The molecule has 3 aliphatic rings. The number of rotatable bonds is 3. The predicted molar refractivity (Wildman–Crippen MR) is 125 cm³/mol. The van der Waals surface area contributed by atoms with Gasteiger partial charge in [-0.3, -0.25) is 14.4 Å². The number of esters is 2. The highest BCUT2D eigenvalue weighted by molar-refractivity contribution is 6.24. The Hall–Kier alpha value is -3.93. The molecule has 1 aromatic carbocycles. The lowest BCUT2D eigenvalue weighted by Crippen LogP contribution is -2.54. The van der Waals surface area contributed by atoms with Gasteiger partial charge in [0.2, 0.25) is 11.8 Å². The molecule has 0 saturated carbocycles. The standard InChI is InChI=1S/C26H27N3O6/c1-6-34-22(31)20-21(23(32)35-25(3,4)5)28-14-16(13-27)11-12-19(28)26(20)17-9-7-8-10-18(17)29(15(2)30)24(26)33/h7-12,14,19-21H,6H2,1-5H3/t19?,20-,21-,26?/m1/s1. The molecule has 1 saturated heterocycles. The van der Waals surface area contributed by atoms with E-state index in [1.807, 2.05) is 6.07 Å². The smallest absolute Gasteiger partial charge is 0.330 e. The molecule has 9 nitrogen and oxygen atoms in total. The average Bonchev–Trinajstić information content (AvgIpc) is 3.23. The van der Waals surface area contributed by atoms with E-state index in [1.54, 1.807) is 64.1 Å². The maximum absolute atomic E-state index is 14.2. The molecule has 1 aromatic rings. The van der Waals surface area contributed by atoms with E-state index < -0.39 is 52.8 Å². The Morgan fingerprint density at radius 2 is 1.86 bits per heavy atom. The molecule has 2 unspecified atom stereocenters. The molecule has 9 heteroatoms. The fraction of sp³-hybridized carbons (Fsp3) is 0.423. The van der Waals surface area contributed by atoms with Crippen LogP contribution in [0, 0.1) is 17.2 Å². The lowest BCUT2D eigenvalue weighted by Gasteiger charge is -2.34. The number of hydrogen-bond donors (Lipinski definition) is 0. The van der Waals surface area contributed by atoms with Gasteiger partial charge in [0.15, 0.2) is 0 Å². The number of carbonyl (C=O) groups excluding carboxylic acids is 4. The van der Waals surface area contributed by atoms with Crippen LogP contribution < -0.4 is 4.90 Å². The summed E-state index contributed by atoms with van der Waals surface area (Å²) in [6, 6.07) is 6.68. The van der Waals surface area contributed by atoms with Gasteiger partial charge in [0.1, 0.15) is 29.0 Å². The molecule has 2 amide bonds. The molecule has 0 aliphatic carbocycles. The molecule has 0 radical (unpaired) electrons. The summed E-state index contributed by atoms with van der Waals surface area (Å²) in [7, 11) is 0. The van der Waals surface area contributed by atoms with Crippen molar-refractivity contribution in [3.8, 4) is 6.07 Å². The van der Waals surface area contributed by atoms with Crippen LogP contribution in [-0.2, 0) is 34.1 Å². The second-order valence-electron chi connectivity index (χ2n) is 9.70. The van der Waals surface area contributed by atoms with E-state index in [4.69, 9.17) is 9.47 Å². The van der Waals surface area contributed by atoms with Crippen LogP contribution in [0.25, 0.3) is 0 Å². The van der Waals surface area contributed by atoms with Crippen LogP contribution in [0.15, 0.2) is 48.2 Å². The zero-order valence-electron chi connectivity index (χ0n) is 20.3. The summed E-state index contributed by atoms with van der Waals surface area (Å²) in [4.78, 5) is 56.6. The summed E-state index contributed by atoms with van der Waals surface area (Å²) in [6.07, 6.45) is 4.65. The van der Waals surface area contributed by atoms with Gasteiger partial charge >= 0.3 is 11.9 Å². The highest BCUT2D eigenvalue weighted by Crippen LogP contribution is 2.57. The largest absolute Gasteiger partial charge is 0.466 e. The van der Waals surface area contributed by atoms with E-state index in [0.29, 0.717) is 11.3 Å². The summed E-state index contributed by atoms with van der Waals surface area (Å²) in [5.41, 5.74) is -1.48. The normalized spacial score (nSPS) is 26.7. The predicted octanol–water partition coefficient (Wildman–Crippen LogP) is 2.37. The van der Waals surface area contributed by atoms with Gasteiger partial charge in [-0.25, -0.2) is 9.69 Å². The second kappa shape index (κ2) is 8.38. The van der Waals surface area contributed by atoms with Crippen molar-refractivity contribution >= 4 is 29.4 Å². The lowest BCUT2D eigenvalue weighted by molar-refractivity contribution is -0.167. The summed E-state index contributed by atoms with van der Waals surface area (Å²) in [6.45, 7) is 8.04. The number of hydrogen-bond acceptors (Lipinski definition) is 8. The number of benzene rings is 1. The number of carbonyl (C=O) groups is 4. The fourth-order valence-electron chi connectivity index (χ4n) is 5.38. The first-order valence-electron chi connectivity index (χ1n) is 11.4. The van der Waals surface area contributed by atoms with E-state index in [-0.39, 0.29) is 12.2 Å². The quantitative estimate of drug-likeness (QED) is 0.609. The van der Waals surface area contributed by atoms with Crippen molar-refractivity contribution in [2.45, 2.75) is 57.7 Å². The van der Waals surface area contributed by atoms with Crippen LogP contribution in [0.1, 0.15) is 40.2 Å². The third-order valence-corrected chi connectivity index (χ3v) is 6.44. The molecule has 182 valence electrons. The molecule has 0 aromatic heterocycles. The third kappa shape index (κ3) is 3.52. The maximum atomic E-state index is 14.2. The van der Waals surface area contributed by atoms with Gasteiger partial charge in [-0.1, -0.05) is 24.3 Å². The van der Waals surface area contributed by atoms with Crippen molar-refractivity contribution in [3.63, 3.8) is 0 Å². The number of anilines is 1. The van der Waals surface area contributed by atoms with Gasteiger partial charge < -0.3 is 14.4 Å². The first kappa shape index (κ1) is 24.2. The first-order chi connectivity index (χ1) is 16.5. The van der Waals surface area contributed by atoms with Crippen molar-refractivity contribution in [1.29, 1.82) is 5.26 Å².